The second kappa shape index (κ2) is 4.83. The fraction of sp³-hybridized carbons (Fsp3) is 1.00. The van der Waals surface area contributed by atoms with E-state index in [1.54, 1.807) is 0 Å². The minimum atomic E-state index is -3.08. The summed E-state index contributed by atoms with van der Waals surface area (Å²) in [7, 11) is -3.08. The molecule has 1 saturated heterocycles. The van der Waals surface area contributed by atoms with Gasteiger partial charge >= 0.3 is 0 Å². The highest BCUT2D eigenvalue weighted by atomic mass is 32.2. The minimum Gasteiger partial charge on any atom is -0.330 e. The van der Waals surface area contributed by atoms with Gasteiger partial charge in [-0.2, -0.15) is 11.8 Å². The number of nitrogens with two attached hydrogens (primary N) is 1. The Balaban J connectivity index is 2.52. The van der Waals surface area contributed by atoms with E-state index >= 15 is 0 Å². The van der Waals surface area contributed by atoms with E-state index in [1.165, 1.54) is 6.26 Å². The molecule has 0 unspecified atom stereocenters. The first-order valence-electron chi connectivity index (χ1n) is 4.70. The maximum Gasteiger partial charge on any atom is 0.208 e. The van der Waals surface area contributed by atoms with E-state index < -0.39 is 10.0 Å². The molecule has 0 radical (unpaired) electrons. The van der Waals surface area contributed by atoms with Gasteiger partial charge in [0.25, 0.3) is 0 Å². The third-order valence-electron chi connectivity index (χ3n) is 2.70. The van der Waals surface area contributed by atoms with Gasteiger partial charge in [-0.05, 0) is 36.3 Å². The van der Waals surface area contributed by atoms with Crippen LogP contribution in [0.25, 0.3) is 0 Å². The summed E-state index contributed by atoms with van der Waals surface area (Å²) in [6.07, 6.45) is 3.21. The Morgan fingerprint density at radius 2 is 2.00 bits per heavy atom. The van der Waals surface area contributed by atoms with E-state index in [9.17, 15) is 8.42 Å². The first-order chi connectivity index (χ1) is 6.47. The van der Waals surface area contributed by atoms with Crippen molar-refractivity contribution in [1.29, 1.82) is 0 Å². The van der Waals surface area contributed by atoms with Crippen LogP contribution in [0.1, 0.15) is 12.8 Å². The fourth-order valence-electron chi connectivity index (χ4n) is 1.54. The zero-order valence-electron chi connectivity index (χ0n) is 8.45. The average Bonchev–Trinajstić information content (AvgIpc) is 2.15. The molecular weight excluding hydrogens is 220 g/mol. The molecule has 0 bridgehead atoms. The standard InChI is InChI=1S/C8H18N2O2S2/c1-14(11,12)10-7-8(6-9)2-4-13-5-3-8/h10H,2-7,9H2,1H3. The Morgan fingerprint density at radius 3 is 2.43 bits per heavy atom. The minimum absolute atomic E-state index is 0.00562. The number of hydrogen-bond acceptors (Lipinski definition) is 4. The van der Waals surface area contributed by atoms with Crippen molar-refractivity contribution in [3.05, 3.63) is 0 Å². The van der Waals surface area contributed by atoms with Crippen molar-refractivity contribution in [3.63, 3.8) is 0 Å². The highest BCUT2D eigenvalue weighted by molar-refractivity contribution is 7.99. The molecule has 14 heavy (non-hydrogen) atoms. The topological polar surface area (TPSA) is 72.2 Å². The number of thioether (sulfide) groups is 1. The summed E-state index contributed by atoms with van der Waals surface area (Å²) >= 11 is 1.91. The SMILES string of the molecule is CS(=O)(=O)NCC1(CN)CCSCC1. The van der Waals surface area contributed by atoms with E-state index in [0.717, 1.165) is 24.3 Å². The predicted molar refractivity (Wildman–Crippen MR) is 60.9 cm³/mol. The second-order valence-corrected chi connectivity index (χ2v) is 6.97. The highest BCUT2D eigenvalue weighted by Crippen LogP contribution is 2.33. The van der Waals surface area contributed by atoms with E-state index in [2.05, 4.69) is 4.72 Å². The van der Waals surface area contributed by atoms with Crippen molar-refractivity contribution < 1.29 is 8.42 Å². The van der Waals surface area contributed by atoms with Gasteiger partial charge in [-0.15, -0.1) is 0 Å². The van der Waals surface area contributed by atoms with E-state index in [1.807, 2.05) is 11.8 Å². The molecule has 0 aromatic rings. The molecule has 1 heterocycles. The normalized spacial score (nSPS) is 22.1. The highest BCUT2D eigenvalue weighted by Gasteiger charge is 2.31. The van der Waals surface area contributed by atoms with Crippen LogP contribution in [0.4, 0.5) is 0 Å². The molecule has 84 valence electrons. The van der Waals surface area contributed by atoms with Crippen molar-refractivity contribution in [2.75, 3.05) is 30.9 Å². The molecule has 0 saturated carbocycles. The van der Waals surface area contributed by atoms with Crippen LogP contribution in [-0.4, -0.2) is 39.3 Å². The molecular formula is C8H18N2O2S2. The van der Waals surface area contributed by atoms with Gasteiger partial charge in [-0.3, -0.25) is 0 Å². The number of rotatable bonds is 4. The molecule has 4 nitrogen and oxygen atoms in total. The lowest BCUT2D eigenvalue weighted by atomic mass is 9.82. The van der Waals surface area contributed by atoms with Gasteiger partial charge in [-0.1, -0.05) is 0 Å². The smallest absolute Gasteiger partial charge is 0.208 e. The zero-order chi connectivity index (χ0) is 10.7. The lowest BCUT2D eigenvalue weighted by Gasteiger charge is -2.35. The Kier molecular flexibility index (Phi) is 4.24. The second-order valence-electron chi connectivity index (χ2n) is 3.91. The average molecular weight is 238 g/mol. The van der Waals surface area contributed by atoms with Gasteiger partial charge in [0.05, 0.1) is 6.26 Å². The van der Waals surface area contributed by atoms with Crippen molar-refractivity contribution in [2.45, 2.75) is 12.8 Å². The monoisotopic (exact) mass is 238 g/mol. The largest absolute Gasteiger partial charge is 0.330 e. The van der Waals surface area contributed by atoms with E-state index in [0.29, 0.717) is 13.1 Å². The summed E-state index contributed by atoms with van der Waals surface area (Å²) in [5.74, 6) is 2.17. The summed E-state index contributed by atoms with van der Waals surface area (Å²) in [5.41, 5.74) is 5.72. The van der Waals surface area contributed by atoms with Crippen LogP contribution >= 0.6 is 11.8 Å². The zero-order valence-corrected chi connectivity index (χ0v) is 10.1. The summed E-state index contributed by atoms with van der Waals surface area (Å²) in [5, 5.41) is 0. The quantitative estimate of drug-likeness (QED) is 0.723. The summed E-state index contributed by atoms with van der Waals surface area (Å²) in [4.78, 5) is 0. The molecule has 1 aliphatic heterocycles. The van der Waals surface area contributed by atoms with Crippen LogP contribution in [0, 0.1) is 5.41 Å². The van der Waals surface area contributed by atoms with Gasteiger partial charge in [0, 0.05) is 6.54 Å². The molecule has 1 fully saturated rings. The molecule has 0 aromatic heterocycles. The molecule has 0 atom stereocenters. The number of nitrogens with one attached hydrogen (secondary N) is 1. The van der Waals surface area contributed by atoms with Gasteiger partial charge in [0.1, 0.15) is 0 Å². The maximum absolute atomic E-state index is 11.0. The van der Waals surface area contributed by atoms with Crippen LogP contribution in [0.15, 0.2) is 0 Å². The Bertz CT molecular complexity index is 271. The van der Waals surface area contributed by atoms with Crippen molar-refractivity contribution >= 4 is 21.8 Å². The number of sulfonamides is 1. The lowest BCUT2D eigenvalue weighted by molar-refractivity contribution is 0.274. The third kappa shape index (κ3) is 3.76. The summed E-state index contributed by atoms with van der Waals surface area (Å²) < 4.78 is 24.5. The summed E-state index contributed by atoms with van der Waals surface area (Å²) in [6, 6.07) is 0. The Morgan fingerprint density at radius 1 is 1.43 bits per heavy atom. The van der Waals surface area contributed by atoms with Crippen molar-refractivity contribution in [1.82, 2.24) is 4.72 Å². The molecule has 0 spiro atoms. The molecule has 0 amide bonds. The van der Waals surface area contributed by atoms with Crippen LogP contribution < -0.4 is 10.5 Å². The molecule has 3 N–H and O–H groups in total. The van der Waals surface area contributed by atoms with E-state index in [4.69, 9.17) is 5.73 Å². The fourth-order valence-corrected chi connectivity index (χ4v) is 3.47. The van der Waals surface area contributed by atoms with Crippen LogP contribution in [0.5, 0.6) is 0 Å². The van der Waals surface area contributed by atoms with E-state index in [-0.39, 0.29) is 5.41 Å². The van der Waals surface area contributed by atoms with Gasteiger partial charge in [0.2, 0.25) is 10.0 Å². The molecule has 0 aliphatic carbocycles. The van der Waals surface area contributed by atoms with Gasteiger partial charge in [-0.25, -0.2) is 13.1 Å². The number of hydrogen-bond donors (Lipinski definition) is 2. The third-order valence-corrected chi connectivity index (χ3v) is 4.35. The Labute approximate surface area is 90.1 Å². The van der Waals surface area contributed by atoms with Gasteiger partial charge < -0.3 is 5.73 Å². The molecule has 1 aliphatic rings. The predicted octanol–water partition coefficient (Wildman–Crippen LogP) is 0.00770. The van der Waals surface area contributed by atoms with Crippen molar-refractivity contribution in [3.8, 4) is 0 Å². The maximum atomic E-state index is 11.0. The van der Waals surface area contributed by atoms with Crippen LogP contribution in [-0.2, 0) is 10.0 Å². The Hall–Kier alpha value is 0.220. The molecule has 6 heteroatoms. The molecule has 1 rings (SSSR count). The van der Waals surface area contributed by atoms with Crippen molar-refractivity contribution in [2.24, 2.45) is 11.1 Å². The van der Waals surface area contributed by atoms with Crippen LogP contribution in [0.3, 0.4) is 0 Å². The molecule has 0 aromatic carbocycles. The first kappa shape index (κ1) is 12.3. The van der Waals surface area contributed by atoms with Crippen LogP contribution in [0.2, 0.25) is 0 Å². The summed E-state index contributed by atoms with van der Waals surface area (Å²) in [6.45, 7) is 1.05. The first-order valence-corrected chi connectivity index (χ1v) is 7.75. The lowest BCUT2D eigenvalue weighted by Crippen LogP contribution is -2.44. The van der Waals surface area contributed by atoms with Gasteiger partial charge in [0.15, 0.2) is 0 Å².